The topological polar surface area (TPSA) is 134 Å². The molecule has 1 aromatic rings. The third kappa shape index (κ3) is 11.9. The van der Waals surface area contributed by atoms with Crippen LogP contribution in [0, 0.1) is 0 Å². The van der Waals surface area contributed by atoms with Crippen LogP contribution < -0.4 is 11.0 Å². The molecular weight excluding hydrogens is 486 g/mol. The third-order valence-corrected chi connectivity index (χ3v) is 7.40. The van der Waals surface area contributed by atoms with Crippen molar-refractivity contribution in [3.05, 3.63) is 22.7 Å². The van der Waals surface area contributed by atoms with E-state index in [2.05, 4.69) is 17.2 Å². The van der Waals surface area contributed by atoms with Crippen LogP contribution in [0.3, 0.4) is 0 Å². The first-order chi connectivity index (χ1) is 18.5. The smallest absolute Gasteiger partial charge is 0.351 e. The van der Waals surface area contributed by atoms with Crippen molar-refractivity contribution in [3.8, 4) is 0 Å². The predicted molar refractivity (Wildman–Crippen MR) is 149 cm³/mol. The van der Waals surface area contributed by atoms with E-state index in [9.17, 15) is 24.9 Å². The van der Waals surface area contributed by atoms with Gasteiger partial charge >= 0.3 is 5.69 Å². The fourth-order valence-corrected chi connectivity index (χ4v) is 5.00. The number of carbonyl (C=O) groups excluding carboxylic acids is 1. The maximum Gasteiger partial charge on any atom is 0.351 e. The number of amides is 1. The van der Waals surface area contributed by atoms with E-state index in [1.54, 1.807) is 0 Å². The summed E-state index contributed by atoms with van der Waals surface area (Å²) in [5.41, 5.74) is -0.726. The molecule has 0 bridgehead atoms. The van der Waals surface area contributed by atoms with Gasteiger partial charge in [-0.25, -0.2) is 4.79 Å². The standard InChI is InChI=1S/C29H51N3O6/c1-2-3-4-5-6-7-8-9-10-11-12-13-14-15-16-17-18-19-25(34)30-24-20-21-32(29(37)31-24)28-27(36)26(35)23(22-33)38-28/h20-21,23,26-28,33,35-36H,2-19,22H2,1H3,(H,30,31,34,37)/t23-,26-,27+,28-/m1/s1. The van der Waals surface area contributed by atoms with Gasteiger partial charge in [0.1, 0.15) is 24.1 Å². The molecular formula is C29H51N3O6. The first-order valence-electron chi connectivity index (χ1n) is 15.0. The van der Waals surface area contributed by atoms with Crippen molar-refractivity contribution >= 4 is 11.7 Å². The number of anilines is 1. The molecule has 0 aromatic carbocycles. The number of ether oxygens (including phenoxy) is 1. The molecule has 4 atom stereocenters. The van der Waals surface area contributed by atoms with Crippen LogP contribution in [0.25, 0.3) is 0 Å². The van der Waals surface area contributed by atoms with Crippen LogP contribution in [0.5, 0.6) is 0 Å². The molecule has 1 aliphatic rings. The Balaban J connectivity index is 1.47. The molecule has 2 heterocycles. The average molecular weight is 538 g/mol. The van der Waals surface area contributed by atoms with E-state index in [1.807, 2.05) is 0 Å². The normalized spacial score (nSPS) is 21.2. The minimum atomic E-state index is -1.37. The van der Waals surface area contributed by atoms with Crippen molar-refractivity contribution in [1.82, 2.24) is 9.55 Å². The summed E-state index contributed by atoms with van der Waals surface area (Å²) in [6.07, 6.45) is 18.8. The first kappa shape index (κ1) is 32.4. The number of nitrogens with one attached hydrogen (secondary N) is 1. The van der Waals surface area contributed by atoms with E-state index >= 15 is 0 Å². The summed E-state index contributed by atoms with van der Waals surface area (Å²) in [6.45, 7) is 1.78. The molecule has 0 saturated carbocycles. The highest BCUT2D eigenvalue weighted by molar-refractivity contribution is 5.89. The molecule has 0 spiro atoms. The quantitative estimate of drug-likeness (QED) is 0.165. The number of carbonyl (C=O) groups is 1. The average Bonchev–Trinajstić information content (AvgIpc) is 3.19. The molecule has 218 valence electrons. The number of hydrogen-bond donors (Lipinski definition) is 4. The highest BCUT2D eigenvalue weighted by atomic mass is 16.6. The molecule has 1 amide bonds. The molecule has 9 nitrogen and oxygen atoms in total. The minimum absolute atomic E-state index is 0.134. The second-order valence-electron chi connectivity index (χ2n) is 10.7. The Morgan fingerprint density at radius 1 is 0.868 bits per heavy atom. The number of aromatic nitrogens is 2. The second-order valence-corrected chi connectivity index (χ2v) is 10.7. The van der Waals surface area contributed by atoms with E-state index in [4.69, 9.17) is 4.74 Å². The van der Waals surface area contributed by atoms with Crippen molar-refractivity contribution in [2.45, 2.75) is 147 Å². The Kier molecular flexibility index (Phi) is 16.4. The number of rotatable bonds is 21. The Bertz CT molecular complexity index is 833. The van der Waals surface area contributed by atoms with Gasteiger partial charge < -0.3 is 25.4 Å². The fourth-order valence-electron chi connectivity index (χ4n) is 5.00. The number of unbranched alkanes of at least 4 members (excludes halogenated alkanes) is 16. The van der Waals surface area contributed by atoms with Gasteiger partial charge in [0.05, 0.1) is 6.61 Å². The maximum absolute atomic E-state index is 12.3. The fraction of sp³-hybridized carbons (Fsp3) is 0.828. The second kappa shape index (κ2) is 19.3. The minimum Gasteiger partial charge on any atom is -0.394 e. The zero-order valence-corrected chi connectivity index (χ0v) is 23.4. The molecule has 1 saturated heterocycles. The molecule has 1 aliphatic heterocycles. The number of nitrogens with zero attached hydrogens (tertiary/aromatic N) is 2. The Hall–Kier alpha value is -1.81. The van der Waals surface area contributed by atoms with Gasteiger partial charge in [0, 0.05) is 12.6 Å². The molecule has 1 aromatic heterocycles. The summed E-state index contributed by atoms with van der Waals surface area (Å²) in [5.74, 6) is -0.0569. The summed E-state index contributed by atoms with van der Waals surface area (Å²) in [5, 5.41) is 31.8. The van der Waals surface area contributed by atoms with Gasteiger partial charge in [0.15, 0.2) is 6.23 Å². The van der Waals surface area contributed by atoms with E-state index in [0.29, 0.717) is 6.42 Å². The summed E-state index contributed by atoms with van der Waals surface area (Å²) in [7, 11) is 0. The van der Waals surface area contributed by atoms with E-state index in [0.717, 1.165) is 23.8 Å². The van der Waals surface area contributed by atoms with Crippen LogP contribution in [0.2, 0.25) is 0 Å². The van der Waals surface area contributed by atoms with Gasteiger partial charge in [-0.1, -0.05) is 110 Å². The lowest BCUT2D eigenvalue weighted by molar-refractivity contribution is -0.116. The van der Waals surface area contributed by atoms with Crippen molar-refractivity contribution in [1.29, 1.82) is 0 Å². The van der Waals surface area contributed by atoms with Crippen molar-refractivity contribution in [2.24, 2.45) is 0 Å². The van der Waals surface area contributed by atoms with Crippen LogP contribution in [0.15, 0.2) is 17.1 Å². The van der Waals surface area contributed by atoms with Gasteiger partial charge in [-0.05, 0) is 12.5 Å². The van der Waals surface area contributed by atoms with E-state index in [1.165, 1.54) is 102 Å². The predicted octanol–water partition coefficient (Wildman–Crippen LogP) is 4.84. The van der Waals surface area contributed by atoms with Gasteiger partial charge in [-0.15, -0.1) is 0 Å². The highest BCUT2D eigenvalue weighted by Gasteiger charge is 2.43. The van der Waals surface area contributed by atoms with Gasteiger partial charge in [0.2, 0.25) is 5.91 Å². The molecule has 0 radical (unpaired) electrons. The van der Waals surface area contributed by atoms with Crippen LogP contribution in [0.1, 0.15) is 129 Å². The Morgan fingerprint density at radius 3 is 1.82 bits per heavy atom. The Morgan fingerprint density at radius 2 is 1.37 bits per heavy atom. The summed E-state index contributed by atoms with van der Waals surface area (Å²) >= 11 is 0. The molecule has 4 N–H and O–H groups in total. The third-order valence-electron chi connectivity index (χ3n) is 7.40. The maximum atomic E-state index is 12.3. The van der Waals surface area contributed by atoms with Crippen LogP contribution in [-0.4, -0.2) is 55.7 Å². The Labute approximate surface area is 228 Å². The number of aliphatic hydroxyl groups excluding tert-OH is 3. The summed E-state index contributed by atoms with van der Waals surface area (Å²) in [6, 6.07) is 1.45. The monoisotopic (exact) mass is 537 g/mol. The van der Waals surface area contributed by atoms with Gasteiger partial charge in [0.25, 0.3) is 0 Å². The first-order valence-corrected chi connectivity index (χ1v) is 15.0. The van der Waals surface area contributed by atoms with Crippen molar-refractivity contribution in [2.75, 3.05) is 11.9 Å². The van der Waals surface area contributed by atoms with Gasteiger partial charge in [-0.3, -0.25) is 9.36 Å². The summed E-state index contributed by atoms with van der Waals surface area (Å²) < 4.78 is 6.39. The van der Waals surface area contributed by atoms with Crippen LogP contribution in [0.4, 0.5) is 5.82 Å². The highest BCUT2D eigenvalue weighted by Crippen LogP contribution is 2.28. The molecule has 1 fully saturated rings. The van der Waals surface area contributed by atoms with Crippen LogP contribution >= 0.6 is 0 Å². The molecule has 38 heavy (non-hydrogen) atoms. The number of hydrogen-bond acceptors (Lipinski definition) is 7. The lowest BCUT2D eigenvalue weighted by Crippen LogP contribution is -2.36. The lowest BCUT2D eigenvalue weighted by Gasteiger charge is -2.17. The zero-order chi connectivity index (χ0) is 27.6. The zero-order valence-electron chi connectivity index (χ0n) is 23.4. The summed E-state index contributed by atoms with van der Waals surface area (Å²) in [4.78, 5) is 28.4. The molecule has 0 aliphatic carbocycles. The van der Waals surface area contributed by atoms with Gasteiger partial charge in [-0.2, -0.15) is 4.98 Å². The SMILES string of the molecule is CCCCCCCCCCCCCCCCCCCC(=O)Nc1ccn([C@@H]2O[C@H](CO)[C@@H](O)[C@@H]2O)c(=O)n1. The molecule has 2 rings (SSSR count). The van der Waals surface area contributed by atoms with Crippen LogP contribution in [-0.2, 0) is 9.53 Å². The lowest BCUT2D eigenvalue weighted by atomic mass is 10.0. The van der Waals surface area contributed by atoms with E-state index < -0.39 is 36.8 Å². The number of aliphatic hydroxyl groups is 3. The van der Waals surface area contributed by atoms with Crippen molar-refractivity contribution in [3.63, 3.8) is 0 Å². The van der Waals surface area contributed by atoms with Crippen molar-refractivity contribution < 1.29 is 24.9 Å². The molecule has 0 unspecified atom stereocenters. The van der Waals surface area contributed by atoms with E-state index in [-0.39, 0.29) is 11.7 Å². The largest absolute Gasteiger partial charge is 0.394 e. The molecule has 9 heteroatoms.